The molecule has 0 saturated carbocycles. The van der Waals surface area contributed by atoms with Gasteiger partial charge in [-0.15, -0.1) is 0 Å². The topological polar surface area (TPSA) is 142 Å². The summed E-state index contributed by atoms with van der Waals surface area (Å²) in [6.45, 7) is 0.119. The number of hydrogen-bond donors (Lipinski definition) is 1. The Morgan fingerprint density at radius 2 is 2.16 bits per heavy atom. The van der Waals surface area contributed by atoms with Crippen LogP contribution in [0.5, 0.6) is 0 Å². The van der Waals surface area contributed by atoms with E-state index in [1.807, 2.05) is 0 Å². The number of hydrogen-bond acceptors (Lipinski definition) is 9. The summed E-state index contributed by atoms with van der Waals surface area (Å²) in [4.78, 5) is 27.0. The first kappa shape index (κ1) is 12.6. The standard InChI is InChI=1S/C8H11N9O2/c1-15(2)8-12-5(11-6(9)13-8)3-16-4-10-7(14-16)17(18)19/h4H,3H2,1-2H3,(H2,9,11,12,13). The van der Waals surface area contributed by atoms with Crippen molar-refractivity contribution in [2.45, 2.75) is 6.54 Å². The van der Waals surface area contributed by atoms with Crippen molar-refractivity contribution >= 4 is 17.8 Å². The van der Waals surface area contributed by atoms with Crippen LogP contribution in [0.2, 0.25) is 0 Å². The van der Waals surface area contributed by atoms with Gasteiger partial charge in [0.1, 0.15) is 6.54 Å². The second-order valence-electron chi connectivity index (χ2n) is 3.80. The molecule has 2 heterocycles. The molecule has 0 spiro atoms. The third-order valence-corrected chi connectivity index (χ3v) is 2.08. The molecule has 0 radical (unpaired) electrons. The van der Waals surface area contributed by atoms with E-state index in [9.17, 15) is 10.1 Å². The zero-order chi connectivity index (χ0) is 14.0. The number of anilines is 2. The van der Waals surface area contributed by atoms with Crippen molar-refractivity contribution in [1.29, 1.82) is 0 Å². The van der Waals surface area contributed by atoms with Crippen LogP contribution in [0.25, 0.3) is 0 Å². The van der Waals surface area contributed by atoms with Crippen molar-refractivity contribution in [1.82, 2.24) is 29.7 Å². The maximum absolute atomic E-state index is 10.5. The summed E-state index contributed by atoms with van der Waals surface area (Å²) in [5.41, 5.74) is 5.56. The van der Waals surface area contributed by atoms with Gasteiger partial charge >= 0.3 is 5.95 Å². The van der Waals surface area contributed by atoms with Gasteiger partial charge in [-0.3, -0.25) is 0 Å². The van der Waals surface area contributed by atoms with Crippen molar-refractivity contribution in [3.63, 3.8) is 0 Å². The largest absolute Gasteiger partial charge is 0.490 e. The SMILES string of the molecule is CN(C)c1nc(N)nc(Cn2cnc([N+](=O)[O-])n2)n1. The average Bonchev–Trinajstić information content (AvgIpc) is 2.76. The predicted octanol–water partition coefficient (Wildman–Crippen LogP) is -0.932. The van der Waals surface area contributed by atoms with Crippen LogP contribution >= 0.6 is 0 Å². The molecule has 11 nitrogen and oxygen atoms in total. The molecule has 0 aliphatic carbocycles. The van der Waals surface area contributed by atoms with Crippen LogP contribution in [0.3, 0.4) is 0 Å². The van der Waals surface area contributed by atoms with Gasteiger partial charge in [0.15, 0.2) is 5.82 Å². The van der Waals surface area contributed by atoms with Gasteiger partial charge in [0.25, 0.3) is 0 Å². The fourth-order valence-corrected chi connectivity index (χ4v) is 1.29. The third-order valence-electron chi connectivity index (χ3n) is 2.08. The summed E-state index contributed by atoms with van der Waals surface area (Å²) in [5, 5.41) is 14.1. The Balaban J connectivity index is 2.24. The summed E-state index contributed by atoms with van der Waals surface area (Å²) in [7, 11) is 3.53. The van der Waals surface area contributed by atoms with Crippen molar-refractivity contribution in [2.24, 2.45) is 0 Å². The smallest absolute Gasteiger partial charge is 0.390 e. The first-order valence-corrected chi connectivity index (χ1v) is 5.17. The molecule has 19 heavy (non-hydrogen) atoms. The Kier molecular flexibility index (Phi) is 3.18. The Morgan fingerprint density at radius 1 is 1.42 bits per heavy atom. The summed E-state index contributed by atoms with van der Waals surface area (Å²) >= 11 is 0. The first-order valence-electron chi connectivity index (χ1n) is 5.17. The molecule has 0 atom stereocenters. The second kappa shape index (κ2) is 4.80. The predicted molar refractivity (Wildman–Crippen MR) is 64.3 cm³/mol. The molecule has 0 fully saturated rings. The van der Waals surface area contributed by atoms with E-state index in [4.69, 9.17) is 5.73 Å². The Hall–Kier alpha value is -2.85. The molecule has 0 unspecified atom stereocenters. The maximum Gasteiger partial charge on any atom is 0.490 e. The van der Waals surface area contributed by atoms with Gasteiger partial charge in [-0.2, -0.15) is 19.6 Å². The number of nitrogens with two attached hydrogens (primary N) is 1. The van der Waals surface area contributed by atoms with E-state index in [1.165, 1.54) is 11.0 Å². The van der Waals surface area contributed by atoms with Crippen LogP contribution in [0.4, 0.5) is 17.8 Å². The molecule has 0 aromatic carbocycles. The van der Waals surface area contributed by atoms with Gasteiger partial charge in [0.05, 0.1) is 0 Å². The highest BCUT2D eigenvalue weighted by molar-refractivity contribution is 5.32. The van der Waals surface area contributed by atoms with Crippen molar-refractivity contribution < 1.29 is 4.92 Å². The molecule has 0 bridgehead atoms. The monoisotopic (exact) mass is 265 g/mol. The first-order chi connectivity index (χ1) is 8.95. The van der Waals surface area contributed by atoms with Gasteiger partial charge in [0, 0.05) is 19.2 Å². The molecule has 11 heteroatoms. The lowest BCUT2D eigenvalue weighted by atomic mass is 10.6. The Bertz CT molecular complexity index is 608. The van der Waals surface area contributed by atoms with E-state index in [0.717, 1.165) is 0 Å². The quantitative estimate of drug-likeness (QED) is 0.547. The molecule has 2 aromatic heterocycles. The molecule has 0 saturated heterocycles. The normalized spacial score (nSPS) is 10.4. The molecule has 0 amide bonds. The zero-order valence-electron chi connectivity index (χ0n) is 10.3. The summed E-state index contributed by atoms with van der Waals surface area (Å²) in [6.07, 6.45) is 1.23. The van der Waals surface area contributed by atoms with E-state index in [2.05, 4.69) is 25.0 Å². The average molecular weight is 265 g/mol. The third kappa shape index (κ3) is 2.88. The van der Waals surface area contributed by atoms with Crippen molar-refractivity contribution in [3.05, 3.63) is 22.3 Å². The lowest BCUT2D eigenvalue weighted by Gasteiger charge is -2.10. The molecule has 0 aliphatic heterocycles. The van der Waals surface area contributed by atoms with Gasteiger partial charge in [-0.1, -0.05) is 4.98 Å². The number of nitrogen functional groups attached to an aromatic ring is 1. The van der Waals surface area contributed by atoms with Crippen LogP contribution < -0.4 is 10.6 Å². The van der Waals surface area contributed by atoms with Crippen LogP contribution in [0.1, 0.15) is 5.82 Å². The summed E-state index contributed by atoms with van der Waals surface area (Å²) in [5.74, 6) is 0.339. The van der Waals surface area contributed by atoms with E-state index in [0.29, 0.717) is 11.8 Å². The van der Waals surface area contributed by atoms with E-state index in [-0.39, 0.29) is 12.5 Å². The Labute approximate surface area is 107 Å². The highest BCUT2D eigenvalue weighted by Gasteiger charge is 2.15. The molecule has 0 aliphatic rings. The van der Waals surface area contributed by atoms with E-state index in [1.54, 1.807) is 19.0 Å². The van der Waals surface area contributed by atoms with E-state index >= 15 is 0 Å². The van der Waals surface area contributed by atoms with Gasteiger partial charge in [0.2, 0.25) is 18.2 Å². The summed E-state index contributed by atoms with van der Waals surface area (Å²) < 4.78 is 1.26. The maximum atomic E-state index is 10.5. The Morgan fingerprint density at radius 3 is 2.74 bits per heavy atom. The van der Waals surface area contributed by atoms with Gasteiger partial charge in [-0.05, 0) is 4.92 Å². The zero-order valence-corrected chi connectivity index (χ0v) is 10.3. The molecular formula is C8H11N9O2. The van der Waals surface area contributed by atoms with Crippen LogP contribution in [-0.4, -0.2) is 48.7 Å². The van der Waals surface area contributed by atoms with Crippen molar-refractivity contribution in [3.8, 4) is 0 Å². The second-order valence-corrected chi connectivity index (χ2v) is 3.80. The number of nitrogens with zero attached hydrogens (tertiary/aromatic N) is 8. The summed E-state index contributed by atoms with van der Waals surface area (Å²) in [6, 6.07) is 0. The molecule has 100 valence electrons. The number of nitro groups is 1. The van der Waals surface area contributed by atoms with E-state index < -0.39 is 10.9 Å². The number of aromatic nitrogens is 6. The highest BCUT2D eigenvalue weighted by Crippen LogP contribution is 2.07. The fourth-order valence-electron chi connectivity index (χ4n) is 1.29. The minimum atomic E-state index is -0.677. The van der Waals surface area contributed by atoms with Crippen LogP contribution in [-0.2, 0) is 6.54 Å². The van der Waals surface area contributed by atoms with Gasteiger partial charge in [-0.25, -0.2) is 0 Å². The molecule has 2 rings (SSSR count). The number of rotatable bonds is 4. The fraction of sp³-hybridized carbons (Fsp3) is 0.375. The van der Waals surface area contributed by atoms with Crippen LogP contribution in [0.15, 0.2) is 6.33 Å². The molecule has 2 N–H and O–H groups in total. The minimum Gasteiger partial charge on any atom is -0.390 e. The van der Waals surface area contributed by atoms with Crippen LogP contribution in [0, 0.1) is 10.1 Å². The lowest BCUT2D eigenvalue weighted by Crippen LogP contribution is -2.17. The highest BCUT2D eigenvalue weighted by atomic mass is 16.6. The lowest BCUT2D eigenvalue weighted by molar-refractivity contribution is -0.394. The molecular weight excluding hydrogens is 254 g/mol. The van der Waals surface area contributed by atoms with Crippen molar-refractivity contribution in [2.75, 3.05) is 24.7 Å². The minimum absolute atomic E-state index is 0.0725. The molecule has 2 aromatic rings. The van der Waals surface area contributed by atoms with Gasteiger partial charge < -0.3 is 20.7 Å².